The van der Waals surface area contributed by atoms with E-state index in [0.717, 1.165) is 38.0 Å². The summed E-state index contributed by atoms with van der Waals surface area (Å²) >= 11 is 0. The van der Waals surface area contributed by atoms with E-state index in [4.69, 9.17) is 9.47 Å². The van der Waals surface area contributed by atoms with Gasteiger partial charge < -0.3 is 19.3 Å². The SMILES string of the molecule is CN(C)C1CCc2ccccc2N(C(=O)COCC2CCCO2)C1. The van der Waals surface area contributed by atoms with E-state index in [1.807, 2.05) is 23.1 Å². The van der Waals surface area contributed by atoms with Crippen molar-refractivity contribution in [2.24, 2.45) is 0 Å². The fourth-order valence-corrected chi connectivity index (χ4v) is 3.50. The van der Waals surface area contributed by atoms with Gasteiger partial charge in [0.25, 0.3) is 5.91 Å². The van der Waals surface area contributed by atoms with Crippen LogP contribution in [0.3, 0.4) is 0 Å². The normalized spacial score (nSPS) is 24.0. The third kappa shape index (κ3) is 4.15. The number of para-hydroxylation sites is 1. The second-order valence-electron chi connectivity index (χ2n) is 6.94. The highest BCUT2D eigenvalue weighted by molar-refractivity contribution is 5.95. The molecule has 1 amide bonds. The number of hydrogen-bond donors (Lipinski definition) is 0. The quantitative estimate of drug-likeness (QED) is 0.828. The van der Waals surface area contributed by atoms with E-state index in [-0.39, 0.29) is 18.6 Å². The molecule has 0 aromatic heterocycles. The van der Waals surface area contributed by atoms with Crippen molar-refractivity contribution in [3.8, 4) is 0 Å². The van der Waals surface area contributed by atoms with Gasteiger partial charge in [-0.3, -0.25) is 4.79 Å². The predicted octanol–water partition coefficient (Wildman–Crippen LogP) is 2.09. The number of nitrogens with zero attached hydrogens (tertiary/aromatic N) is 2. The Morgan fingerprint density at radius 2 is 2.17 bits per heavy atom. The molecule has 1 fully saturated rings. The van der Waals surface area contributed by atoms with E-state index in [2.05, 4.69) is 25.1 Å². The van der Waals surface area contributed by atoms with Crippen LogP contribution in [0.15, 0.2) is 24.3 Å². The Morgan fingerprint density at radius 1 is 1.33 bits per heavy atom. The molecule has 24 heavy (non-hydrogen) atoms. The maximum atomic E-state index is 12.8. The first-order valence-electron chi connectivity index (χ1n) is 8.89. The molecule has 132 valence electrons. The van der Waals surface area contributed by atoms with Crippen molar-refractivity contribution >= 4 is 11.6 Å². The van der Waals surface area contributed by atoms with Crippen molar-refractivity contribution in [1.82, 2.24) is 4.90 Å². The molecule has 0 aliphatic carbocycles. The summed E-state index contributed by atoms with van der Waals surface area (Å²) in [6, 6.07) is 8.58. The number of anilines is 1. The zero-order chi connectivity index (χ0) is 16.9. The summed E-state index contributed by atoms with van der Waals surface area (Å²) in [6.07, 6.45) is 4.34. The van der Waals surface area contributed by atoms with Crippen molar-refractivity contribution < 1.29 is 14.3 Å². The number of carbonyl (C=O) groups is 1. The Bertz CT molecular complexity index is 555. The number of benzene rings is 1. The fourth-order valence-electron chi connectivity index (χ4n) is 3.50. The van der Waals surface area contributed by atoms with Gasteiger partial charge in [0.2, 0.25) is 0 Å². The maximum Gasteiger partial charge on any atom is 0.253 e. The molecule has 2 aliphatic rings. The summed E-state index contributed by atoms with van der Waals surface area (Å²) in [5.74, 6) is 0.0363. The molecule has 0 saturated carbocycles. The molecule has 5 nitrogen and oxygen atoms in total. The topological polar surface area (TPSA) is 42.0 Å². The number of ether oxygens (including phenoxy) is 2. The Balaban J connectivity index is 1.66. The maximum absolute atomic E-state index is 12.8. The second-order valence-corrected chi connectivity index (χ2v) is 6.94. The summed E-state index contributed by atoms with van der Waals surface area (Å²) in [7, 11) is 4.16. The van der Waals surface area contributed by atoms with Gasteiger partial charge in [-0.2, -0.15) is 0 Å². The van der Waals surface area contributed by atoms with Gasteiger partial charge in [-0.25, -0.2) is 0 Å². The van der Waals surface area contributed by atoms with Gasteiger partial charge >= 0.3 is 0 Å². The Labute approximate surface area is 144 Å². The molecule has 2 heterocycles. The summed E-state index contributed by atoms with van der Waals surface area (Å²) in [5, 5.41) is 0. The zero-order valence-corrected chi connectivity index (χ0v) is 14.7. The molecule has 1 aromatic carbocycles. The van der Waals surface area contributed by atoms with Crippen molar-refractivity contribution in [2.45, 2.75) is 37.8 Å². The highest BCUT2D eigenvalue weighted by Gasteiger charge is 2.27. The van der Waals surface area contributed by atoms with E-state index in [0.29, 0.717) is 19.2 Å². The average molecular weight is 332 g/mol. The molecule has 5 heteroatoms. The third-order valence-electron chi connectivity index (χ3n) is 5.01. The lowest BCUT2D eigenvalue weighted by Gasteiger charge is -2.29. The monoisotopic (exact) mass is 332 g/mol. The number of carbonyl (C=O) groups excluding carboxylic acids is 1. The van der Waals surface area contributed by atoms with Crippen LogP contribution in [0.2, 0.25) is 0 Å². The molecule has 1 aromatic rings. The first-order chi connectivity index (χ1) is 11.6. The van der Waals surface area contributed by atoms with E-state index >= 15 is 0 Å². The van der Waals surface area contributed by atoms with Gasteiger partial charge in [-0.05, 0) is 51.4 Å². The zero-order valence-electron chi connectivity index (χ0n) is 14.7. The van der Waals surface area contributed by atoms with Crippen LogP contribution in [-0.2, 0) is 20.7 Å². The second kappa shape index (κ2) is 8.10. The van der Waals surface area contributed by atoms with Gasteiger partial charge in [-0.1, -0.05) is 18.2 Å². The number of likely N-dealkylation sites (N-methyl/N-ethyl adjacent to an activating group) is 1. The first kappa shape index (κ1) is 17.4. The molecule has 1 saturated heterocycles. The van der Waals surface area contributed by atoms with Gasteiger partial charge in [0, 0.05) is 24.9 Å². The Kier molecular flexibility index (Phi) is 5.87. The summed E-state index contributed by atoms with van der Waals surface area (Å²) < 4.78 is 11.2. The highest BCUT2D eigenvalue weighted by Crippen LogP contribution is 2.27. The molecule has 3 rings (SSSR count). The molecule has 0 spiro atoms. The first-order valence-corrected chi connectivity index (χ1v) is 8.89. The Hall–Kier alpha value is -1.43. The Morgan fingerprint density at radius 3 is 2.92 bits per heavy atom. The molecule has 0 radical (unpaired) electrons. The van der Waals surface area contributed by atoms with Crippen molar-refractivity contribution in [3.63, 3.8) is 0 Å². The van der Waals surface area contributed by atoms with Crippen LogP contribution in [0, 0.1) is 0 Å². The lowest BCUT2D eigenvalue weighted by molar-refractivity contribution is -0.124. The molecule has 2 atom stereocenters. The number of rotatable bonds is 5. The van der Waals surface area contributed by atoms with Gasteiger partial charge in [0.05, 0.1) is 12.7 Å². The van der Waals surface area contributed by atoms with Crippen LogP contribution in [-0.4, -0.2) is 63.4 Å². The van der Waals surface area contributed by atoms with Crippen LogP contribution in [0.4, 0.5) is 5.69 Å². The van der Waals surface area contributed by atoms with Crippen molar-refractivity contribution in [2.75, 3.05) is 45.4 Å². The van der Waals surface area contributed by atoms with E-state index in [9.17, 15) is 4.79 Å². The number of amides is 1. The standard InChI is InChI=1S/C19H28N2O3/c1-20(2)16-10-9-15-6-3-4-8-18(15)21(12-16)19(22)14-23-13-17-7-5-11-24-17/h3-4,6,8,16-17H,5,7,9-14H2,1-2H3. The van der Waals surface area contributed by atoms with Crippen LogP contribution in [0.5, 0.6) is 0 Å². The van der Waals surface area contributed by atoms with E-state index in [1.165, 1.54) is 5.56 Å². The number of hydrogen-bond acceptors (Lipinski definition) is 4. The smallest absolute Gasteiger partial charge is 0.253 e. The minimum Gasteiger partial charge on any atom is -0.376 e. The van der Waals surface area contributed by atoms with Crippen LogP contribution >= 0.6 is 0 Å². The molecular weight excluding hydrogens is 304 g/mol. The summed E-state index contributed by atoms with van der Waals surface area (Å²) in [6.45, 7) is 2.16. The molecule has 2 aliphatic heterocycles. The van der Waals surface area contributed by atoms with Gasteiger partial charge in [0.1, 0.15) is 6.61 Å². The molecule has 0 bridgehead atoms. The van der Waals surface area contributed by atoms with Crippen LogP contribution < -0.4 is 4.90 Å². The van der Waals surface area contributed by atoms with Crippen LogP contribution in [0.25, 0.3) is 0 Å². The van der Waals surface area contributed by atoms with Gasteiger partial charge in [-0.15, -0.1) is 0 Å². The lowest BCUT2D eigenvalue weighted by atomic mass is 10.1. The number of aryl methyl sites for hydroxylation is 1. The largest absolute Gasteiger partial charge is 0.376 e. The number of fused-ring (bicyclic) bond motifs is 1. The molecular formula is C19H28N2O3. The average Bonchev–Trinajstić information content (AvgIpc) is 3.00. The predicted molar refractivity (Wildman–Crippen MR) is 94.4 cm³/mol. The van der Waals surface area contributed by atoms with Gasteiger partial charge in [0.15, 0.2) is 0 Å². The summed E-state index contributed by atoms with van der Waals surface area (Å²) in [4.78, 5) is 16.9. The highest BCUT2D eigenvalue weighted by atomic mass is 16.5. The van der Waals surface area contributed by atoms with Crippen LogP contribution in [0.1, 0.15) is 24.8 Å². The minimum atomic E-state index is 0.0363. The summed E-state index contributed by atoms with van der Waals surface area (Å²) in [5.41, 5.74) is 2.28. The van der Waals surface area contributed by atoms with E-state index < -0.39 is 0 Å². The lowest BCUT2D eigenvalue weighted by Crippen LogP contribution is -2.44. The van der Waals surface area contributed by atoms with Crippen molar-refractivity contribution in [3.05, 3.63) is 29.8 Å². The van der Waals surface area contributed by atoms with Crippen molar-refractivity contribution in [1.29, 1.82) is 0 Å². The fraction of sp³-hybridized carbons (Fsp3) is 0.632. The molecule has 0 N–H and O–H groups in total. The third-order valence-corrected chi connectivity index (χ3v) is 5.01. The van der Waals surface area contributed by atoms with E-state index in [1.54, 1.807) is 0 Å². The molecule has 2 unspecified atom stereocenters. The minimum absolute atomic E-state index is 0.0363.